The first-order chi connectivity index (χ1) is 6.94. The summed E-state index contributed by atoms with van der Waals surface area (Å²) in [5.74, 6) is -0.677. The molecule has 0 spiro atoms. The van der Waals surface area contributed by atoms with Crippen molar-refractivity contribution < 1.29 is 17.9 Å². The molecule has 0 radical (unpaired) electrons. The van der Waals surface area contributed by atoms with Crippen molar-refractivity contribution in [2.45, 2.75) is 13.3 Å². The van der Waals surface area contributed by atoms with Gasteiger partial charge in [0.2, 0.25) is 10.0 Å². The number of esters is 1. The molecule has 15 heavy (non-hydrogen) atoms. The fourth-order valence-electron chi connectivity index (χ4n) is 0.859. The largest absolute Gasteiger partial charge is 0.466 e. The van der Waals surface area contributed by atoms with Crippen LogP contribution < -0.4 is 0 Å². The maximum absolute atomic E-state index is 11.5. The van der Waals surface area contributed by atoms with E-state index < -0.39 is 16.0 Å². The van der Waals surface area contributed by atoms with E-state index in [1.165, 1.54) is 11.4 Å². The van der Waals surface area contributed by atoms with E-state index in [0.717, 1.165) is 0 Å². The molecular formula is C8H16BrNO4S. The number of nitrogens with zero attached hydrogens (tertiary/aromatic N) is 1. The second-order valence-electron chi connectivity index (χ2n) is 2.88. The molecule has 0 aromatic heterocycles. The Morgan fingerprint density at radius 3 is 2.53 bits per heavy atom. The van der Waals surface area contributed by atoms with Gasteiger partial charge in [-0.15, -0.1) is 0 Å². The fourth-order valence-corrected chi connectivity index (χ4v) is 2.73. The summed E-state index contributed by atoms with van der Waals surface area (Å²) in [5, 5.41) is 0.572. The van der Waals surface area contributed by atoms with Gasteiger partial charge in [-0.3, -0.25) is 4.79 Å². The normalized spacial score (nSPS) is 11.7. The minimum absolute atomic E-state index is 0.0944. The number of carbonyl (C=O) groups excluding carboxylic acids is 1. The average Bonchev–Trinajstić information content (AvgIpc) is 2.16. The van der Waals surface area contributed by atoms with Gasteiger partial charge in [-0.05, 0) is 6.92 Å². The Hall–Kier alpha value is -0.140. The van der Waals surface area contributed by atoms with Crippen molar-refractivity contribution >= 4 is 31.9 Å². The lowest BCUT2D eigenvalue weighted by atomic mass is 10.5. The topological polar surface area (TPSA) is 63.7 Å². The summed E-state index contributed by atoms with van der Waals surface area (Å²) in [4.78, 5) is 11.0. The molecule has 0 atom stereocenters. The molecule has 0 aliphatic carbocycles. The van der Waals surface area contributed by atoms with Crippen LogP contribution in [0, 0.1) is 0 Å². The molecule has 0 aliphatic heterocycles. The molecule has 0 fully saturated rings. The van der Waals surface area contributed by atoms with E-state index in [0.29, 0.717) is 11.9 Å². The maximum Gasteiger partial charge on any atom is 0.306 e. The smallest absolute Gasteiger partial charge is 0.306 e. The van der Waals surface area contributed by atoms with Gasteiger partial charge in [-0.2, -0.15) is 0 Å². The van der Waals surface area contributed by atoms with Crippen LogP contribution in [0.5, 0.6) is 0 Å². The molecule has 7 heteroatoms. The predicted molar refractivity (Wildman–Crippen MR) is 61.5 cm³/mol. The van der Waals surface area contributed by atoms with Gasteiger partial charge < -0.3 is 4.74 Å². The molecule has 0 aliphatic rings. The second-order valence-corrected chi connectivity index (χ2v) is 5.87. The molecule has 0 rings (SSSR count). The number of ether oxygens (including phenoxy) is 1. The van der Waals surface area contributed by atoms with Gasteiger partial charge in [0, 0.05) is 18.9 Å². The molecule has 90 valence electrons. The SMILES string of the molecule is CCOC(=O)CCS(=O)(=O)N(C)CCBr. The summed E-state index contributed by atoms with van der Waals surface area (Å²) in [5.41, 5.74) is 0. The van der Waals surface area contributed by atoms with Crippen LogP contribution in [0.15, 0.2) is 0 Å². The Bertz CT molecular complexity index is 291. The van der Waals surface area contributed by atoms with Crippen molar-refractivity contribution in [1.82, 2.24) is 4.31 Å². The van der Waals surface area contributed by atoms with Gasteiger partial charge >= 0.3 is 5.97 Å². The lowest BCUT2D eigenvalue weighted by Gasteiger charge is -2.15. The summed E-state index contributed by atoms with van der Waals surface area (Å²) < 4.78 is 28.9. The molecule has 0 saturated carbocycles. The molecule has 0 amide bonds. The molecule has 0 aromatic rings. The Morgan fingerprint density at radius 1 is 1.47 bits per heavy atom. The summed E-state index contributed by atoms with van der Waals surface area (Å²) >= 11 is 3.15. The van der Waals surface area contributed by atoms with Crippen molar-refractivity contribution in [3.05, 3.63) is 0 Å². The van der Waals surface area contributed by atoms with Crippen LogP contribution in [-0.4, -0.2) is 50.0 Å². The van der Waals surface area contributed by atoms with Crippen molar-refractivity contribution in [3.8, 4) is 0 Å². The third-order valence-electron chi connectivity index (χ3n) is 1.74. The van der Waals surface area contributed by atoms with Gasteiger partial charge in [0.15, 0.2) is 0 Å². The molecule has 0 aromatic carbocycles. The van der Waals surface area contributed by atoms with E-state index in [2.05, 4.69) is 20.7 Å². The summed E-state index contributed by atoms with van der Waals surface area (Å²) in [7, 11) is -1.85. The third kappa shape index (κ3) is 6.11. The van der Waals surface area contributed by atoms with Gasteiger partial charge in [0.1, 0.15) is 0 Å². The van der Waals surface area contributed by atoms with Gasteiger partial charge in [-0.1, -0.05) is 15.9 Å². The van der Waals surface area contributed by atoms with Crippen LogP contribution in [-0.2, 0) is 19.6 Å². The Kier molecular flexibility index (Phi) is 7.12. The maximum atomic E-state index is 11.5. The molecule has 0 N–H and O–H groups in total. The molecule has 5 nitrogen and oxygen atoms in total. The first kappa shape index (κ1) is 14.9. The third-order valence-corrected chi connectivity index (χ3v) is 3.95. The van der Waals surface area contributed by atoms with E-state index in [-0.39, 0.29) is 18.8 Å². The highest BCUT2D eigenvalue weighted by Crippen LogP contribution is 2.02. The first-order valence-corrected chi connectivity index (χ1v) is 7.32. The quantitative estimate of drug-likeness (QED) is 0.510. The standard InChI is InChI=1S/C8H16BrNO4S/c1-3-14-8(11)4-7-15(12,13)10(2)6-5-9/h3-7H2,1-2H3. The van der Waals surface area contributed by atoms with Crippen molar-refractivity contribution in [3.63, 3.8) is 0 Å². The van der Waals surface area contributed by atoms with Gasteiger partial charge in [0.05, 0.1) is 18.8 Å². The summed E-state index contributed by atoms with van der Waals surface area (Å²) in [6.45, 7) is 2.35. The van der Waals surface area contributed by atoms with Crippen LogP contribution >= 0.6 is 15.9 Å². The predicted octanol–water partition coefficient (Wildman–Crippen LogP) is 0.596. The van der Waals surface area contributed by atoms with E-state index >= 15 is 0 Å². The number of carbonyl (C=O) groups is 1. The van der Waals surface area contributed by atoms with Crippen LogP contribution in [0.4, 0.5) is 0 Å². The lowest BCUT2D eigenvalue weighted by Crippen LogP contribution is -2.31. The molecule has 0 bridgehead atoms. The molecular weight excluding hydrogens is 286 g/mol. The number of alkyl halides is 1. The second kappa shape index (κ2) is 7.19. The van der Waals surface area contributed by atoms with E-state index in [1.54, 1.807) is 6.92 Å². The summed E-state index contributed by atoms with van der Waals surface area (Å²) in [6, 6.07) is 0. The van der Waals surface area contributed by atoms with E-state index in [9.17, 15) is 13.2 Å². The summed E-state index contributed by atoms with van der Waals surface area (Å²) in [6.07, 6.45) is -0.0944. The van der Waals surface area contributed by atoms with Crippen molar-refractivity contribution in [2.75, 3.05) is 31.3 Å². The zero-order valence-electron chi connectivity index (χ0n) is 8.90. The molecule has 0 saturated heterocycles. The monoisotopic (exact) mass is 301 g/mol. The minimum atomic E-state index is -3.33. The number of hydrogen-bond acceptors (Lipinski definition) is 4. The number of rotatable bonds is 7. The highest BCUT2D eigenvalue weighted by molar-refractivity contribution is 9.09. The molecule has 0 unspecified atom stereocenters. The Morgan fingerprint density at radius 2 is 2.07 bits per heavy atom. The average molecular weight is 302 g/mol. The number of halogens is 1. The lowest BCUT2D eigenvalue weighted by molar-refractivity contribution is -0.142. The van der Waals surface area contributed by atoms with Gasteiger partial charge in [0.25, 0.3) is 0 Å². The minimum Gasteiger partial charge on any atom is -0.466 e. The highest BCUT2D eigenvalue weighted by atomic mass is 79.9. The Balaban J connectivity index is 4.10. The Labute approximate surface area is 99.0 Å². The number of sulfonamides is 1. The zero-order chi connectivity index (χ0) is 11.9. The van der Waals surface area contributed by atoms with Crippen LogP contribution in [0.2, 0.25) is 0 Å². The van der Waals surface area contributed by atoms with E-state index in [4.69, 9.17) is 0 Å². The number of hydrogen-bond donors (Lipinski definition) is 0. The zero-order valence-corrected chi connectivity index (χ0v) is 11.3. The van der Waals surface area contributed by atoms with Crippen LogP contribution in [0.25, 0.3) is 0 Å². The molecule has 0 heterocycles. The fraction of sp³-hybridized carbons (Fsp3) is 0.875. The van der Waals surface area contributed by atoms with Gasteiger partial charge in [-0.25, -0.2) is 12.7 Å². The first-order valence-electron chi connectivity index (χ1n) is 4.59. The van der Waals surface area contributed by atoms with E-state index in [1.807, 2.05) is 0 Å². The van der Waals surface area contributed by atoms with Crippen molar-refractivity contribution in [1.29, 1.82) is 0 Å². The van der Waals surface area contributed by atoms with Crippen LogP contribution in [0.1, 0.15) is 13.3 Å². The highest BCUT2D eigenvalue weighted by Gasteiger charge is 2.18. The van der Waals surface area contributed by atoms with Crippen LogP contribution in [0.3, 0.4) is 0 Å². The van der Waals surface area contributed by atoms with Crippen molar-refractivity contribution in [2.24, 2.45) is 0 Å².